The molecule has 0 aliphatic carbocycles. The minimum absolute atomic E-state index is 0.0593. The molecule has 156 valence electrons. The number of carbonyl (C=O) groups is 1. The summed E-state index contributed by atoms with van der Waals surface area (Å²) in [7, 11) is 0. The Morgan fingerprint density at radius 3 is 2.55 bits per heavy atom. The maximum Gasteiger partial charge on any atom is 0.321 e. The first-order chi connectivity index (χ1) is 14.1. The normalized spacial score (nSPS) is 18.1. The minimum atomic E-state index is -0.0593. The van der Waals surface area contributed by atoms with Gasteiger partial charge in [-0.15, -0.1) is 11.3 Å². The van der Waals surface area contributed by atoms with Crippen molar-refractivity contribution in [3.8, 4) is 0 Å². The third-order valence-corrected chi connectivity index (χ3v) is 6.73. The van der Waals surface area contributed by atoms with Crippen molar-refractivity contribution in [2.24, 2.45) is 0 Å². The van der Waals surface area contributed by atoms with Gasteiger partial charge in [0.25, 0.3) is 0 Å². The van der Waals surface area contributed by atoms with Gasteiger partial charge in [-0.05, 0) is 44.4 Å². The van der Waals surface area contributed by atoms with E-state index >= 15 is 0 Å². The van der Waals surface area contributed by atoms with Gasteiger partial charge < -0.3 is 15.1 Å². The van der Waals surface area contributed by atoms with E-state index in [0.29, 0.717) is 18.1 Å². The van der Waals surface area contributed by atoms with Crippen LogP contribution in [0.3, 0.4) is 0 Å². The Bertz CT molecular complexity index is 843. The Morgan fingerprint density at radius 1 is 1.14 bits per heavy atom. The van der Waals surface area contributed by atoms with Gasteiger partial charge in [0, 0.05) is 56.9 Å². The first-order valence-electron chi connectivity index (χ1n) is 10.3. The molecule has 0 bridgehead atoms. The van der Waals surface area contributed by atoms with Crippen molar-refractivity contribution in [2.75, 3.05) is 49.5 Å². The van der Waals surface area contributed by atoms with Crippen LogP contribution in [0.25, 0.3) is 0 Å². The van der Waals surface area contributed by atoms with Crippen LogP contribution in [0.4, 0.5) is 16.2 Å². The number of carbonyl (C=O) groups excluding carboxylic acids is 1. The quantitative estimate of drug-likeness (QED) is 0.774. The molecule has 0 saturated carbocycles. The zero-order valence-electron chi connectivity index (χ0n) is 16.9. The summed E-state index contributed by atoms with van der Waals surface area (Å²) in [5.74, 6) is 0. The molecule has 0 atom stereocenters. The summed E-state index contributed by atoms with van der Waals surface area (Å²) < 4.78 is 0. The Balaban J connectivity index is 1.29. The van der Waals surface area contributed by atoms with Crippen LogP contribution in [0.1, 0.15) is 30.0 Å². The van der Waals surface area contributed by atoms with Crippen LogP contribution in [0.5, 0.6) is 0 Å². The fourth-order valence-corrected chi connectivity index (χ4v) is 4.90. The van der Waals surface area contributed by atoms with Crippen molar-refractivity contribution < 1.29 is 4.79 Å². The molecule has 2 fully saturated rings. The van der Waals surface area contributed by atoms with Crippen LogP contribution >= 0.6 is 22.9 Å². The number of nitrogens with one attached hydrogen (secondary N) is 1. The Kier molecular flexibility index (Phi) is 6.57. The van der Waals surface area contributed by atoms with Crippen molar-refractivity contribution in [1.29, 1.82) is 0 Å². The van der Waals surface area contributed by atoms with Crippen LogP contribution in [-0.2, 0) is 6.54 Å². The van der Waals surface area contributed by atoms with Gasteiger partial charge in [0.05, 0.1) is 21.4 Å². The summed E-state index contributed by atoms with van der Waals surface area (Å²) in [6.07, 6.45) is 3.71. The number of nitrogens with zero attached hydrogens (tertiary/aromatic N) is 4. The summed E-state index contributed by atoms with van der Waals surface area (Å²) in [4.78, 5) is 23.8. The maximum absolute atomic E-state index is 12.7. The van der Waals surface area contributed by atoms with E-state index in [1.54, 1.807) is 11.3 Å². The van der Waals surface area contributed by atoms with Crippen molar-refractivity contribution in [3.05, 3.63) is 39.3 Å². The van der Waals surface area contributed by atoms with E-state index in [4.69, 9.17) is 11.6 Å². The van der Waals surface area contributed by atoms with Gasteiger partial charge in [0.2, 0.25) is 0 Å². The second-order valence-electron chi connectivity index (χ2n) is 7.77. The van der Waals surface area contributed by atoms with Gasteiger partial charge in [0.15, 0.2) is 0 Å². The number of amides is 2. The molecule has 0 unspecified atom stereocenters. The van der Waals surface area contributed by atoms with Crippen molar-refractivity contribution in [1.82, 2.24) is 14.8 Å². The van der Waals surface area contributed by atoms with Gasteiger partial charge in [0.1, 0.15) is 0 Å². The highest BCUT2D eigenvalue weighted by atomic mass is 35.5. The molecule has 8 heteroatoms. The second-order valence-corrected chi connectivity index (χ2v) is 9.23. The zero-order valence-corrected chi connectivity index (χ0v) is 18.4. The summed E-state index contributed by atoms with van der Waals surface area (Å²) in [6, 6.07) is 5.78. The molecular weight excluding hydrogens is 406 g/mol. The van der Waals surface area contributed by atoms with E-state index in [0.717, 1.165) is 54.8 Å². The number of benzene rings is 1. The SMILES string of the molecule is Cc1nc(CN2CCN(C(=O)Nc3ccc(N4CCCCC4)c(Cl)c3)CC2)cs1. The van der Waals surface area contributed by atoms with E-state index in [1.165, 1.54) is 19.3 Å². The summed E-state index contributed by atoms with van der Waals surface area (Å²) in [6.45, 7) is 8.14. The van der Waals surface area contributed by atoms with Crippen molar-refractivity contribution in [3.63, 3.8) is 0 Å². The number of rotatable bonds is 4. The van der Waals surface area contributed by atoms with Crippen LogP contribution in [0.2, 0.25) is 5.02 Å². The second kappa shape index (κ2) is 9.32. The highest BCUT2D eigenvalue weighted by molar-refractivity contribution is 7.09. The molecule has 1 N–H and O–H groups in total. The third-order valence-electron chi connectivity index (χ3n) is 5.61. The van der Waals surface area contributed by atoms with Crippen LogP contribution < -0.4 is 10.2 Å². The topological polar surface area (TPSA) is 51.7 Å². The van der Waals surface area contributed by atoms with E-state index in [9.17, 15) is 4.79 Å². The molecule has 6 nitrogen and oxygen atoms in total. The first-order valence-corrected chi connectivity index (χ1v) is 11.6. The highest BCUT2D eigenvalue weighted by Gasteiger charge is 2.22. The summed E-state index contributed by atoms with van der Waals surface area (Å²) in [5, 5.41) is 6.92. The molecule has 2 amide bonds. The Morgan fingerprint density at radius 2 is 1.90 bits per heavy atom. The highest BCUT2D eigenvalue weighted by Crippen LogP contribution is 2.31. The predicted molar refractivity (Wildman–Crippen MR) is 120 cm³/mol. The number of aromatic nitrogens is 1. The smallest absolute Gasteiger partial charge is 0.321 e. The van der Waals surface area contributed by atoms with E-state index in [1.807, 2.05) is 30.0 Å². The molecule has 1 aromatic carbocycles. The number of hydrogen-bond donors (Lipinski definition) is 1. The van der Waals surface area contributed by atoms with Crippen LogP contribution in [0.15, 0.2) is 23.6 Å². The molecule has 2 aliphatic rings. The summed E-state index contributed by atoms with van der Waals surface area (Å²) >= 11 is 8.20. The third kappa shape index (κ3) is 5.21. The van der Waals surface area contributed by atoms with Gasteiger partial charge in [-0.25, -0.2) is 9.78 Å². The predicted octanol–water partition coefficient (Wildman–Crippen LogP) is 4.44. The van der Waals surface area contributed by atoms with Crippen LogP contribution in [0, 0.1) is 6.92 Å². The molecule has 29 heavy (non-hydrogen) atoms. The number of piperazine rings is 1. The minimum Gasteiger partial charge on any atom is -0.370 e. The lowest BCUT2D eigenvalue weighted by molar-refractivity contribution is 0.142. The fraction of sp³-hybridized carbons (Fsp3) is 0.524. The average Bonchev–Trinajstić information content (AvgIpc) is 3.14. The van der Waals surface area contributed by atoms with E-state index < -0.39 is 0 Å². The number of halogens is 1. The van der Waals surface area contributed by atoms with Gasteiger partial charge in [-0.2, -0.15) is 0 Å². The monoisotopic (exact) mass is 433 g/mol. The molecule has 2 aliphatic heterocycles. The van der Waals surface area contributed by atoms with Gasteiger partial charge >= 0.3 is 6.03 Å². The molecule has 2 aromatic rings. The number of urea groups is 1. The Hall–Kier alpha value is -1.83. The summed E-state index contributed by atoms with van der Waals surface area (Å²) in [5.41, 5.74) is 2.94. The maximum atomic E-state index is 12.7. The standard InChI is InChI=1S/C21H28ClN5OS/c1-16-23-18(15-29-16)14-25-9-11-27(12-10-25)21(28)24-17-5-6-20(19(22)13-17)26-7-3-2-4-8-26/h5-6,13,15H,2-4,7-12,14H2,1H3,(H,24,28). The number of piperidine rings is 1. The lowest BCUT2D eigenvalue weighted by Crippen LogP contribution is -2.49. The number of anilines is 2. The number of aryl methyl sites for hydroxylation is 1. The molecular formula is C21H28ClN5OS. The Labute approximate surface area is 181 Å². The lowest BCUT2D eigenvalue weighted by atomic mass is 10.1. The zero-order chi connectivity index (χ0) is 20.2. The number of hydrogen-bond acceptors (Lipinski definition) is 5. The molecule has 3 heterocycles. The van der Waals surface area contributed by atoms with E-state index in [2.05, 4.69) is 25.5 Å². The fourth-order valence-electron chi connectivity index (χ4n) is 4.00. The number of thiazole rings is 1. The molecule has 0 radical (unpaired) electrons. The largest absolute Gasteiger partial charge is 0.370 e. The lowest BCUT2D eigenvalue weighted by Gasteiger charge is -2.34. The van der Waals surface area contributed by atoms with Crippen molar-refractivity contribution >= 4 is 40.3 Å². The van der Waals surface area contributed by atoms with Gasteiger partial charge in [-0.3, -0.25) is 4.90 Å². The van der Waals surface area contributed by atoms with Crippen LogP contribution in [-0.4, -0.2) is 60.1 Å². The molecule has 1 aromatic heterocycles. The molecule has 4 rings (SSSR count). The van der Waals surface area contributed by atoms with Crippen molar-refractivity contribution in [2.45, 2.75) is 32.7 Å². The average molecular weight is 434 g/mol. The van der Waals surface area contributed by atoms with E-state index in [-0.39, 0.29) is 6.03 Å². The molecule has 0 spiro atoms. The van der Waals surface area contributed by atoms with Gasteiger partial charge in [-0.1, -0.05) is 11.6 Å². The molecule has 2 saturated heterocycles. The first kappa shape index (κ1) is 20.4.